The van der Waals surface area contributed by atoms with Crippen LogP contribution in [0.3, 0.4) is 0 Å². The number of carbonyl (C=O) groups excluding carboxylic acids is 1. The summed E-state index contributed by atoms with van der Waals surface area (Å²) in [7, 11) is 0. The maximum atomic E-state index is 15.7. The molecule has 0 bridgehead atoms. The van der Waals surface area contributed by atoms with Gasteiger partial charge in [0.2, 0.25) is 11.6 Å². The largest absolute Gasteiger partial charge is 0.464 e. The van der Waals surface area contributed by atoms with E-state index >= 15 is 4.39 Å². The summed E-state index contributed by atoms with van der Waals surface area (Å²) in [4.78, 5) is 13.9. The fourth-order valence-corrected chi connectivity index (χ4v) is 2.99. The van der Waals surface area contributed by atoms with Crippen LogP contribution in [-0.2, 0) is 16.0 Å². The van der Waals surface area contributed by atoms with Crippen molar-refractivity contribution >= 4 is 12.0 Å². The van der Waals surface area contributed by atoms with E-state index in [1.165, 1.54) is 0 Å². The molecule has 1 aromatic carbocycles. The van der Waals surface area contributed by atoms with E-state index < -0.39 is 17.6 Å². The molecule has 2 atom stereocenters. The molecule has 1 aliphatic heterocycles. The minimum absolute atomic E-state index is 0.132. The molecule has 6 nitrogen and oxygen atoms in total. The number of ether oxygens (including phenoxy) is 1. The molecule has 2 heterocycles. The topological polar surface area (TPSA) is 68.5 Å². The highest BCUT2D eigenvalue weighted by Crippen LogP contribution is 2.41. The molecule has 1 aliphatic rings. The van der Waals surface area contributed by atoms with Gasteiger partial charge in [-0.2, -0.15) is 0 Å². The molecule has 24 heavy (non-hydrogen) atoms. The molecular weight excluding hydrogens is 313 g/mol. The lowest BCUT2D eigenvalue weighted by Gasteiger charge is -2.23. The number of hydrogen-bond acceptors (Lipinski definition) is 6. The highest BCUT2D eigenvalue weighted by Gasteiger charge is 2.56. The molecule has 128 valence electrons. The zero-order valence-corrected chi connectivity index (χ0v) is 13.7. The fraction of sp³-hybridized carbons (Fsp3) is 0.471. The second-order valence-corrected chi connectivity index (χ2v) is 5.76. The minimum Gasteiger partial charge on any atom is -0.464 e. The van der Waals surface area contributed by atoms with Crippen molar-refractivity contribution in [3.63, 3.8) is 0 Å². The van der Waals surface area contributed by atoms with Gasteiger partial charge in [-0.1, -0.05) is 42.4 Å². The van der Waals surface area contributed by atoms with Gasteiger partial charge < -0.3 is 14.1 Å². The van der Waals surface area contributed by atoms with E-state index in [4.69, 9.17) is 9.15 Å². The Morgan fingerprint density at radius 1 is 1.38 bits per heavy atom. The summed E-state index contributed by atoms with van der Waals surface area (Å²) in [5, 5.41) is 7.87. The standard InChI is InChI=1S/C17H20FN3O3/c1-3-14-19-20-16(24-14)21-10-13(12-8-6-5-7-9-12)17(18,11-21)15(22)23-4-2/h5-9,13H,3-4,10-11H2,1-2H3/t13-,17+/m0/s1. The zero-order chi connectivity index (χ0) is 17.2. The monoisotopic (exact) mass is 333 g/mol. The molecular formula is C17H20FN3O3. The van der Waals surface area contributed by atoms with E-state index in [0.717, 1.165) is 5.56 Å². The number of nitrogens with zero attached hydrogens (tertiary/aromatic N) is 3. The highest BCUT2D eigenvalue weighted by atomic mass is 19.1. The first kappa shape index (κ1) is 16.4. The van der Waals surface area contributed by atoms with Gasteiger partial charge in [0, 0.05) is 18.9 Å². The first-order valence-electron chi connectivity index (χ1n) is 8.07. The second kappa shape index (κ2) is 6.59. The maximum Gasteiger partial charge on any atom is 0.346 e. The minimum atomic E-state index is -2.15. The average Bonchev–Trinajstić information content (AvgIpc) is 3.21. The molecule has 3 rings (SSSR count). The SMILES string of the molecule is CCOC(=O)[C@@]1(F)CN(c2nnc(CC)o2)C[C@H]1c1ccccc1. The van der Waals surface area contributed by atoms with Crippen molar-refractivity contribution in [1.82, 2.24) is 10.2 Å². The molecule has 1 fully saturated rings. The highest BCUT2D eigenvalue weighted by molar-refractivity contribution is 5.83. The van der Waals surface area contributed by atoms with Crippen molar-refractivity contribution in [2.75, 3.05) is 24.6 Å². The third-order valence-corrected chi connectivity index (χ3v) is 4.22. The van der Waals surface area contributed by atoms with E-state index in [0.29, 0.717) is 12.3 Å². The van der Waals surface area contributed by atoms with Crippen molar-refractivity contribution in [2.24, 2.45) is 0 Å². The number of hydrogen-bond donors (Lipinski definition) is 0. The van der Waals surface area contributed by atoms with E-state index in [2.05, 4.69) is 10.2 Å². The molecule has 0 amide bonds. The Kier molecular flexibility index (Phi) is 4.51. The van der Waals surface area contributed by atoms with Gasteiger partial charge in [0.1, 0.15) is 0 Å². The molecule has 0 spiro atoms. The molecule has 0 N–H and O–H groups in total. The van der Waals surface area contributed by atoms with E-state index in [-0.39, 0.29) is 25.7 Å². The molecule has 7 heteroatoms. The van der Waals surface area contributed by atoms with Crippen molar-refractivity contribution in [1.29, 1.82) is 0 Å². The lowest BCUT2D eigenvalue weighted by molar-refractivity contribution is -0.156. The summed E-state index contributed by atoms with van der Waals surface area (Å²) >= 11 is 0. The molecule has 0 aliphatic carbocycles. The van der Waals surface area contributed by atoms with Crippen molar-refractivity contribution < 1.29 is 18.3 Å². The van der Waals surface area contributed by atoms with Crippen LogP contribution in [0.25, 0.3) is 0 Å². The predicted octanol–water partition coefficient (Wildman–Crippen LogP) is 2.51. The average molecular weight is 333 g/mol. The first-order valence-corrected chi connectivity index (χ1v) is 8.07. The van der Waals surface area contributed by atoms with Crippen molar-refractivity contribution in [2.45, 2.75) is 31.9 Å². The van der Waals surface area contributed by atoms with Gasteiger partial charge in [-0.15, -0.1) is 5.10 Å². The third-order valence-electron chi connectivity index (χ3n) is 4.22. The van der Waals surface area contributed by atoms with E-state index in [9.17, 15) is 4.79 Å². The van der Waals surface area contributed by atoms with Crippen LogP contribution in [0.5, 0.6) is 0 Å². The normalized spacial score (nSPS) is 23.5. The summed E-state index contributed by atoms with van der Waals surface area (Å²) in [5.74, 6) is -1.03. The van der Waals surface area contributed by atoms with Crippen LogP contribution in [0.4, 0.5) is 10.4 Å². The van der Waals surface area contributed by atoms with Gasteiger partial charge in [-0.3, -0.25) is 0 Å². The van der Waals surface area contributed by atoms with Crippen LogP contribution in [0.2, 0.25) is 0 Å². The Hall–Kier alpha value is -2.44. The van der Waals surface area contributed by atoms with Gasteiger partial charge in [0.25, 0.3) is 0 Å². The van der Waals surface area contributed by atoms with Gasteiger partial charge in [-0.25, -0.2) is 9.18 Å². The van der Waals surface area contributed by atoms with Crippen molar-refractivity contribution in [3.05, 3.63) is 41.8 Å². The molecule has 0 radical (unpaired) electrons. The molecule has 1 saturated heterocycles. The van der Waals surface area contributed by atoms with Crippen molar-refractivity contribution in [3.8, 4) is 0 Å². The number of aryl methyl sites for hydroxylation is 1. The smallest absolute Gasteiger partial charge is 0.346 e. The zero-order valence-electron chi connectivity index (χ0n) is 13.7. The van der Waals surface area contributed by atoms with E-state index in [1.807, 2.05) is 37.3 Å². The van der Waals surface area contributed by atoms with Crippen LogP contribution in [0.1, 0.15) is 31.2 Å². The summed E-state index contributed by atoms with van der Waals surface area (Å²) in [6.45, 7) is 3.79. The van der Waals surface area contributed by atoms with Crippen LogP contribution in [-0.4, -0.2) is 41.5 Å². The lowest BCUT2D eigenvalue weighted by atomic mass is 9.86. The van der Waals surface area contributed by atoms with Crippen LogP contribution in [0.15, 0.2) is 34.7 Å². The third kappa shape index (κ3) is 2.86. The summed E-state index contributed by atoms with van der Waals surface area (Å²) < 4.78 is 26.2. The van der Waals surface area contributed by atoms with Crippen LogP contribution in [0, 0.1) is 0 Å². The second-order valence-electron chi connectivity index (χ2n) is 5.76. The van der Waals surface area contributed by atoms with Crippen LogP contribution >= 0.6 is 0 Å². The quantitative estimate of drug-likeness (QED) is 0.783. The number of alkyl halides is 1. The molecule has 1 aromatic heterocycles. The molecule has 0 unspecified atom stereocenters. The fourth-order valence-electron chi connectivity index (χ4n) is 2.99. The lowest BCUT2D eigenvalue weighted by Crippen LogP contribution is -2.42. The number of anilines is 1. The summed E-state index contributed by atoms with van der Waals surface area (Å²) in [6, 6.07) is 9.36. The summed E-state index contributed by atoms with van der Waals surface area (Å²) in [5.41, 5.74) is -1.41. The Bertz CT molecular complexity index is 706. The first-order chi connectivity index (χ1) is 11.6. The number of carbonyl (C=O) groups is 1. The number of aromatic nitrogens is 2. The number of esters is 1. The molecule has 0 saturated carbocycles. The maximum absolute atomic E-state index is 15.7. The Balaban J connectivity index is 1.93. The predicted molar refractivity (Wildman–Crippen MR) is 85.5 cm³/mol. The number of halogens is 1. The van der Waals surface area contributed by atoms with Gasteiger partial charge in [0.15, 0.2) is 0 Å². The number of rotatable bonds is 5. The Labute approximate surface area is 139 Å². The van der Waals surface area contributed by atoms with Gasteiger partial charge in [0.05, 0.1) is 13.2 Å². The molecule has 2 aromatic rings. The van der Waals surface area contributed by atoms with Gasteiger partial charge >= 0.3 is 12.0 Å². The van der Waals surface area contributed by atoms with Crippen LogP contribution < -0.4 is 4.90 Å². The van der Waals surface area contributed by atoms with E-state index in [1.54, 1.807) is 11.8 Å². The number of benzene rings is 1. The summed E-state index contributed by atoms with van der Waals surface area (Å²) in [6.07, 6.45) is 0.599. The van der Waals surface area contributed by atoms with Gasteiger partial charge in [-0.05, 0) is 12.5 Å². The Morgan fingerprint density at radius 3 is 2.75 bits per heavy atom. The Morgan fingerprint density at radius 2 is 2.12 bits per heavy atom.